The molecule has 2 aromatic rings. The summed E-state index contributed by atoms with van der Waals surface area (Å²) in [6, 6.07) is 6.07. The van der Waals surface area contributed by atoms with Crippen molar-refractivity contribution in [3.05, 3.63) is 52.2 Å². The molecular formula is C22H29N7O. The van der Waals surface area contributed by atoms with Crippen LogP contribution >= 0.6 is 0 Å². The minimum Gasteiger partial charge on any atom is -0.342 e. The Bertz CT molecular complexity index is 973. The molecule has 5 heterocycles. The lowest BCUT2D eigenvalue weighted by molar-refractivity contribution is 0.114. The molecule has 5 rings (SSSR count). The van der Waals surface area contributed by atoms with E-state index in [0.29, 0.717) is 17.7 Å². The molecule has 3 aliphatic heterocycles. The number of fused-ring (bicyclic) bond motifs is 1. The number of anilines is 1. The quantitative estimate of drug-likeness (QED) is 0.823. The number of hydrogen-bond acceptors (Lipinski definition) is 7. The maximum Gasteiger partial charge on any atom is 0.257 e. The summed E-state index contributed by atoms with van der Waals surface area (Å²) >= 11 is 0. The van der Waals surface area contributed by atoms with Gasteiger partial charge in [0.05, 0.1) is 0 Å². The standard InChI is InChI=1S/C22H29N7O/c1-16-14-19(30)29-20(17-6-5-9-23-15-17)25-21(26-22(29)24-16)28-12-7-18(8-13-28)27-10-3-2-4-11-27/h5-6,9,14-15,18,20H,2-4,7-8,10-13H2,1H3,(H,24,25,26)/t20-/m1/s1. The van der Waals surface area contributed by atoms with Crippen molar-refractivity contribution in [2.75, 3.05) is 31.5 Å². The average Bonchev–Trinajstić information content (AvgIpc) is 2.79. The molecule has 1 atom stereocenters. The molecule has 8 nitrogen and oxygen atoms in total. The van der Waals surface area contributed by atoms with E-state index in [9.17, 15) is 4.79 Å². The lowest BCUT2D eigenvalue weighted by Crippen LogP contribution is -2.51. The Morgan fingerprint density at radius 2 is 1.90 bits per heavy atom. The van der Waals surface area contributed by atoms with E-state index in [-0.39, 0.29) is 5.56 Å². The van der Waals surface area contributed by atoms with Crippen molar-refractivity contribution >= 4 is 11.9 Å². The zero-order chi connectivity index (χ0) is 20.5. The number of aryl methyl sites for hydroxylation is 1. The molecule has 0 saturated carbocycles. The van der Waals surface area contributed by atoms with Gasteiger partial charge < -0.3 is 9.80 Å². The van der Waals surface area contributed by atoms with Crippen LogP contribution in [0.1, 0.15) is 49.5 Å². The Morgan fingerprint density at radius 3 is 2.63 bits per heavy atom. The van der Waals surface area contributed by atoms with Gasteiger partial charge in [-0.2, -0.15) is 0 Å². The third-order valence-corrected chi connectivity index (χ3v) is 6.45. The van der Waals surface area contributed by atoms with E-state index in [2.05, 4.69) is 25.1 Å². The smallest absolute Gasteiger partial charge is 0.257 e. The molecule has 0 amide bonds. The van der Waals surface area contributed by atoms with Gasteiger partial charge in [-0.25, -0.2) is 9.98 Å². The summed E-state index contributed by atoms with van der Waals surface area (Å²) in [4.78, 5) is 31.5. The molecule has 2 fully saturated rings. The Balaban J connectivity index is 1.40. The second kappa shape index (κ2) is 8.18. The highest BCUT2D eigenvalue weighted by atomic mass is 16.1. The Morgan fingerprint density at radius 1 is 1.10 bits per heavy atom. The highest BCUT2D eigenvalue weighted by Crippen LogP contribution is 2.27. The summed E-state index contributed by atoms with van der Waals surface area (Å²) in [6.07, 6.45) is 9.38. The maximum absolute atomic E-state index is 12.7. The third-order valence-electron chi connectivity index (χ3n) is 6.45. The number of hydrogen-bond donors (Lipinski definition) is 1. The van der Waals surface area contributed by atoms with Gasteiger partial charge in [-0.05, 0) is 51.8 Å². The molecule has 2 aromatic heterocycles. The summed E-state index contributed by atoms with van der Waals surface area (Å²) in [5.41, 5.74) is 1.48. The van der Waals surface area contributed by atoms with E-state index >= 15 is 0 Å². The van der Waals surface area contributed by atoms with Crippen molar-refractivity contribution in [1.29, 1.82) is 0 Å². The van der Waals surface area contributed by atoms with Gasteiger partial charge in [-0.3, -0.25) is 19.7 Å². The number of piperidine rings is 2. The molecular weight excluding hydrogens is 378 g/mol. The highest BCUT2D eigenvalue weighted by molar-refractivity contribution is 5.93. The van der Waals surface area contributed by atoms with E-state index in [0.717, 1.165) is 37.5 Å². The van der Waals surface area contributed by atoms with Gasteiger partial charge in [0, 0.05) is 48.8 Å². The molecule has 0 spiro atoms. The number of pyridine rings is 1. The number of rotatable bonds is 2. The van der Waals surface area contributed by atoms with Crippen LogP contribution in [0.15, 0.2) is 40.4 Å². The fourth-order valence-electron chi connectivity index (χ4n) is 4.88. The van der Waals surface area contributed by atoms with Crippen molar-refractivity contribution in [2.45, 2.75) is 51.2 Å². The molecule has 0 aromatic carbocycles. The molecule has 0 aliphatic carbocycles. The van der Waals surface area contributed by atoms with Gasteiger partial charge in [0.15, 0.2) is 6.17 Å². The molecule has 158 valence electrons. The van der Waals surface area contributed by atoms with Crippen LogP contribution < -0.4 is 10.9 Å². The monoisotopic (exact) mass is 407 g/mol. The minimum atomic E-state index is -0.453. The van der Waals surface area contributed by atoms with Gasteiger partial charge in [0.2, 0.25) is 11.9 Å². The number of aliphatic imine (C=N–C) groups is 1. The largest absolute Gasteiger partial charge is 0.342 e. The lowest BCUT2D eigenvalue weighted by Gasteiger charge is -2.42. The van der Waals surface area contributed by atoms with Gasteiger partial charge in [-0.1, -0.05) is 12.5 Å². The maximum atomic E-state index is 12.7. The van der Waals surface area contributed by atoms with Crippen molar-refractivity contribution in [1.82, 2.24) is 24.3 Å². The van der Waals surface area contributed by atoms with E-state index < -0.39 is 6.17 Å². The van der Waals surface area contributed by atoms with Crippen LogP contribution in [0.4, 0.5) is 5.95 Å². The zero-order valence-electron chi connectivity index (χ0n) is 17.5. The molecule has 0 unspecified atom stereocenters. The first-order valence-electron chi connectivity index (χ1n) is 11.0. The van der Waals surface area contributed by atoms with Crippen LogP contribution in [0, 0.1) is 6.92 Å². The SMILES string of the molecule is Cc1cc(=O)n2c(n1)NC(N1CCC(N3CCCCC3)CC1)=N[C@H]2c1cccnc1. The highest BCUT2D eigenvalue weighted by Gasteiger charge is 2.31. The molecule has 2 saturated heterocycles. The lowest BCUT2D eigenvalue weighted by atomic mass is 10.00. The number of likely N-dealkylation sites (tertiary alicyclic amines) is 2. The second-order valence-electron chi connectivity index (χ2n) is 8.48. The molecule has 0 bridgehead atoms. The summed E-state index contributed by atoms with van der Waals surface area (Å²) in [5.74, 6) is 1.36. The van der Waals surface area contributed by atoms with E-state index in [1.807, 2.05) is 19.1 Å². The van der Waals surface area contributed by atoms with E-state index in [1.165, 1.54) is 32.4 Å². The molecule has 8 heteroatoms. The third kappa shape index (κ3) is 3.71. The molecule has 1 N–H and O–H groups in total. The van der Waals surface area contributed by atoms with Crippen LogP contribution in [-0.2, 0) is 0 Å². The van der Waals surface area contributed by atoms with Crippen molar-refractivity contribution in [3.63, 3.8) is 0 Å². The number of aromatic nitrogens is 3. The topological polar surface area (TPSA) is 78.7 Å². The predicted molar refractivity (Wildman–Crippen MR) is 117 cm³/mol. The summed E-state index contributed by atoms with van der Waals surface area (Å²) in [6.45, 7) is 6.25. The van der Waals surface area contributed by atoms with Crippen LogP contribution in [0.5, 0.6) is 0 Å². The van der Waals surface area contributed by atoms with Crippen LogP contribution in [0.2, 0.25) is 0 Å². The average molecular weight is 408 g/mol. The van der Waals surface area contributed by atoms with Gasteiger partial charge >= 0.3 is 0 Å². The predicted octanol–water partition coefficient (Wildman–Crippen LogP) is 2.23. The summed E-state index contributed by atoms with van der Waals surface area (Å²) in [7, 11) is 0. The number of nitrogens with zero attached hydrogens (tertiary/aromatic N) is 6. The van der Waals surface area contributed by atoms with E-state index in [4.69, 9.17) is 4.99 Å². The second-order valence-corrected chi connectivity index (χ2v) is 8.48. The Kier molecular flexibility index (Phi) is 5.25. The number of nitrogens with one attached hydrogen (secondary N) is 1. The Hall–Kier alpha value is -2.74. The molecule has 30 heavy (non-hydrogen) atoms. The molecule has 0 radical (unpaired) electrons. The first-order valence-corrected chi connectivity index (χ1v) is 11.0. The van der Waals surface area contributed by atoms with Crippen molar-refractivity contribution in [3.8, 4) is 0 Å². The first kappa shape index (κ1) is 19.2. The minimum absolute atomic E-state index is 0.106. The normalized spacial score (nSPS) is 22.9. The fraction of sp³-hybridized carbons (Fsp3) is 0.545. The first-order chi connectivity index (χ1) is 14.7. The zero-order valence-corrected chi connectivity index (χ0v) is 17.5. The van der Waals surface area contributed by atoms with Gasteiger partial charge in [0.25, 0.3) is 5.56 Å². The fourth-order valence-corrected chi connectivity index (χ4v) is 4.88. The van der Waals surface area contributed by atoms with Crippen LogP contribution in [0.25, 0.3) is 0 Å². The molecule has 3 aliphatic rings. The van der Waals surface area contributed by atoms with Gasteiger partial charge in [0.1, 0.15) is 0 Å². The van der Waals surface area contributed by atoms with Crippen LogP contribution in [-0.4, -0.2) is 62.5 Å². The number of guanidine groups is 1. The van der Waals surface area contributed by atoms with E-state index in [1.54, 1.807) is 23.0 Å². The van der Waals surface area contributed by atoms with Crippen LogP contribution in [0.3, 0.4) is 0 Å². The Labute approximate surface area is 176 Å². The summed E-state index contributed by atoms with van der Waals surface area (Å²) < 4.78 is 1.62. The van der Waals surface area contributed by atoms with Crippen molar-refractivity contribution < 1.29 is 0 Å². The van der Waals surface area contributed by atoms with Gasteiger partial charge in [-0.15, -0.1) is 0 Å². The summed E-state index contributed by atoms with van der Waals surface area (Å²) in [5, 5.41) is 3.34. The van der Waals surface area contributed by atoms with Crippen molar-refractivity contribution in [2.24, 2.45) is 4.99 Å².